The van der Waals surface area contributed by atoms with Gasteiger partial charge >= 0.3 is 11.9 Å². The van der Waals surface area contributed by atoms with Gasteiger partial charge < -0.3 is 15.1 Å². The van der Waals surface area contributed by atoms with E-state index in [1.54, 1.807) is 4.90 Å². The molecule has 0 aromatic heterocycles. The van der Waals surface area contributed by atoms with Gasteiger partial charge in [0.05, 0.1) is 12.3 Å². The molecule has 234 valence electrons. The summed E-state index contributed by atoms with van der Waals surface area (Å²) in [6.07, 6.45) is -0.453. The maximum Gasteiger partial charge on any atom is 0.307 e. The summed E-state index contributed by atoms with van der Waals surface area (Å²) in [4.78, 5) is 39.3. The Labute approximate surface area is 273 Å². The molecule has 0 aliphatic rings. The number of amides is 1. The van der Waals surface area contributed by atoms with E-state index in [4.69, 9.17) is 11.6 Å². The highest BCUT2D eigenvalue weighted by atomic mass is 35.5. The predicted octanol–water partition coefficient (Wildman–Crippen LogP) is 8.47. The third-order valence-corrected chi connectivity index (χ3v) is 8.79. The first-order valence-corrected chi connectivity index (χ1v) is 15.7. The summed E-state index contributed by atoms with van der Waals surface area (Å²) in [6, 6.07) is 39.7. The highest BCUT2D eigenvalue weighted by molar-refractivity contribution is 6.30. The number of nitrogens with zero attached hydrogens (tertiary/aromatic N) is 1. The molecule has 0 heterocycles. The summed E-state index contributed by atoms with van der Waals surface area (Å²) in [7, 11) is 0. The number of carbonyl (C=O) groups excluding carboxylic acids is 1. The molecular formula is C39H36ClNO5. The highest BCUT2D eigenvalue weighted by Gasteiger charge is 2.33. The number of hydrogen-bond donors (Lipinski definition) is 2. The number of carboxylic acid groups (broad SMARTS) is 2. The quantitative estimate of drug-likeness (QED) is 0.136. The van der Waals surface area contributed by atoms with Crippen molar-refractivity contribution in [3.63, 3.8) is 0 Å². The minimum atomic E-state index is -1.34. The van der Waals surface area contributed by atoms with Crippen molar-refractivity contribution in [2.24, 2.45) is 5.92 Å². The maximum absolute atomic E-state index is 14.1. The van der Waals surface area contributed by atoms with Crippen LogP contribution in [-0.2, 0) is 27.3 Å². The molecular weight excluding hydrogens is 598 g/mol. The molecule has 5 aromatic carbocycles. The topological polar surface area (TPSA) is 94.9 Å². The van der Waals surface area contributed by atoms with E-state index in [1.807, 2.05) is 97.9 Å². The van der Waals surface area contributed by atoms with Crippen molar-refractivity contribution in [1.29, 1.82) is 0 Å². The molecule has 5 aromatic rings. The Morgan fingerprint density at radius 1 is 0.696 bits per heavy atom. The number of hydrogen-bond acceptors (Lipinski definition) is 3. The molecule has 0 saturated heterocycles. The number of aliphatic carboxylic acids is 2. The van der Waals surface area contributed by atoms with Crippen LogP contribution >= 0.6 is 11.6 Å². The van der Waals surface area contributed by atoms with Crippen molar-refractivity contribution < 1.29 is 24.6 Å². The molecule has 3 atom stereocenters. The van der Waals surface area contributed by atoms with Crippen LogP contribution in [0.3, 0.4) is 0 Å². The summed E-state index contributed by atoms with van der Waals surface area (Å²) in [5.74, 6) is -4.50. The standard InChI is InChI=1S/C39H36ClNO5/c1-26(36(31-16-18-35(40)19-17-31)22-27-8-7-13-33(20-27)29-9-3-2-4-10-29)41(37(42)23-34(39(45)46)24-38(43)44)25-28-14-15-30-11-5-6-12-32(30)21-28/h2-21,26,34,36H,22-25H2,1H3,(H,43,44)(H,45,46). The van der Waals surface area contributed by atoms with Crippen molar-refractivity contribution in [2.75, 3.05) is 0 Å². The Morgan fingerprint density at radius 3 is 2.07 bits per heavy atom. The first-order chi connectivity index (χ1) is 22.2. The van der Waals surface area contributed by atoms with Gasteiger partial charge in [-0.1, -0.05) is 115 Å². The van der Waals surface area contributed by atoms with Crippen LogP contribution < -0.4 is 0 Å². The van der Waals surface area contributed by atoms with E-state index in [1.165, 1.54) is 0 Å². The van der Waals surface area contributed by atoms with Gasteiger partial charge in [0.2, 0.25) is 5.91 Å². The Balaban J connectivity index is 1.53. The van der Waals surface area contributed by atoms with Crippen molar-refractivity contribution >= 4 is 40.2 Å². The minimum Gasteiger partial charge on any atom is -0.481 e. The van der Waals surface area contributed by atoms with Gasteiger partial charge in [-0.2, -0.15) is 0 Å². The number of halogens is 1. The van der Waals surface area contributed by atoms with Crippen LogP contribution in [0.25, 0.3) is 21.9 Å². The normalized spacial score (nSPS) is 13.1. The Morgan fingerprint density at radius 2 is 1.37 bits per heavy atom. The van der Waals surface area contributed by atoms with Crippen molar-refractivity contribution in [2.45, 2.75) is 44.7 Å². The summed E-state index contributed by atoms with van der Waals surface area (Å²) < 4.78 is 0. The van der Waals surface area contributed by atoms with Gasteiger partial charge in [-0.25, -0.2) is 0 Å². The van der Waals surface area contributed by atoms with Gasteiger partial charge in [-0.15, -0.1) is 0 Å². The summed E-state index contributed by atoms with van der Waals surface area (Å²) in [5.41, 5.74) is 5.15. The average Bonchev–Trinajstić information content (AvgIpc) is 3.06. The highest BCUT2D eigenvalue weighted by Crippen LogP contribution is 2.32. The summed E-state index contributed by atoms with van der Waals surface area (Å²) >= 11 is 6.27. The van der Waals surface area contributed by atoms with Crippen LogP contribution in [0.5, 0.6) is 0 Å². The van der Waals surface area contributed by atoms with Crippen LogP contribution in [0.2, 0.25) is 5.02 Å². The molecule has 0 aliphatic heterocycles. The number of fused-ring (bicyclic) bond motifs is 1. The lowest BCUT2D eigenvalue weighted by molar-refractivity contribution is -0.151. The van der Waals surface area contributed by atoms with E-state index in [0.717, 1.165) is 38.6 Å². The van der Waals surface area contributed by atoms with Crippen LogP contribution in [0.15, 0.2) is 121 Å². The molecule has 0 bridgehead atoms. The van der Waals surface area contributed by atoms with Gasteiger partial charge in [0.25, 0.3) is 0 Å². The molecule has 46 heavy (non-hydrogen) atoms. The molecule has 0 aliphatic carbocycles. The van der Waals surface area contributed by atoms with E-state index in [0.29, 0.717) is 11.4 Å². The van der Waals surface area contributed by atoms with Gasteiger partial charge in [0.1, 0.15) is 0 Å². The minimum absolute atomic E-state index is 0.185. The fourth-order valence-corrected chi connectivity index (χ4v) is 6.16. The zero-order valence-corrected chi connectivity index (χ0v) is 26.3. The van der Waals surface area contributed by atoms with E-state index in [9.17, 15) is 24.6 Å². The van der Waals surface area contributed by atoms with Crippen molar-refractivity contribution in [1.82, 2.24) is 4.90 Å². The zero-order valence-electron chi connectivity index (χ0n) is 25.6. The third-order valence-electron chi connectivity index (χ3n) is 8.54. The largest absolute Gasteiger partial charge is 0.481 e. The Kier molecular flexibility index (Phi) is 10.5. The zero-order chi connectivity index (χ0) is 32.6. The molecule has 0 saturated carbocycles. The SMILES string of the molecule is CC(C(Cc1cccc(-c2ccccc2)c1)c1ccc(Cl)cc1)N(Cc1ccc2ccccc2c1)C(=O)CC(CC(=O)O)C(=O)O. The van der Waals surface area contributed by atoms with E-state index >= 15 is 0 Å². The molecule has 6 nitrogen and oxygen atoms in total. The Bertz CT molecular complexity index is 1820. The number of rotatable bonds is 13. The smallest absolute Gasteiger partial charge is 0.307 e. The first-order valence-electron chi connectivity index (χ1n) is 15.3. The van der Waals surface area contributed by atoms with Crippen LogP contribution in [-0.4, -0.2) is 39.0 Å². The molecule has 0 fully saturated rings. The Hall–Kier alpha value is -4.94. The van der Waals surface area contributed by atoms with E-state index in [-0.39, 0.29) is 18.5 Å². The lowest BCUT2D eigenvalue weighted by Gasteiger charge is -2.36. The molecule has 3 unspecified atom stereocenters. The molecule has 7 heteroatoms. The van der Waals surface area contributed by atoms with Crippen LogP contribution in [0.1, 0.15) is 42.4 Å². The van der Waals surface area contributed by atoms with Crippen molar-refractivity contribution in [3.8, 4) is 11.1 Å². The van der Waals surface area contributed by atoms with E-state index < -0.39 is 36.6 Å². The molecule has 1 amide bonds. The first kappa shape index (κ1) is 32.5. The second kappa shape index (κ2) is 14.9. The van der Waals surface area contributed by atoms with E-state index in [2.05, 4.69) is 30.3 Å². The lowest BCUT2D eigenvalue weighted by Crippen LogP contribution is -2.43. The fourth-order valence-electron chi connectivity index (χ4n) is 6.04. The predicted molar refractivity (Wildman–Crippen MR) is 182 cm³/mol. The average molecular weight is 634 g/mol. The monoisotopic (exact) mass is 633 g/mol. The lowest BCUT2D eigenvalue weighted by atomic mass is 9.84. The molecule has 0 radical (unpaired) electrons. The maximum atomic E-state index is 14.1. The molecule has 5 rings (SSSR count). The molecule has 2 N–H and O–H groups in total. The number of carbonyl (C=O) groups is 3. The molecule has 0 spiro atoms. The van der Waals surface area contributed by atoms with Crippen LogP contribution in [0, 0.1) is 5.92 Å². The third kappa shape index (κ3) is 8.20. The van der Waals surface area contributed by atoms with Gasteiger partial charge in [0.15, 0.2) is 0 Å². The number of carboxylic acids is 2. The summed E-state index contributed by atoms with van der Waals surface area (Å²) in [5, 5.41) is 21.8. The fraction of sp³-hybridized carbons (Fsp3) is 0.205. The van der Waals surface area contributed by atoms with Crippen LogP contribution in [0.4, 0.5) is 0 Å². The van der Waals surface area contributed by atoms with Gasteiger partial charge in [-0.05, 0) is 70.1 Å². The van der Waals surface area contributed by atoms with Gasteiger partial charge in [0, 0.05) is 29.9 Å². The van der Waals surface area contributed by atoms with Crippen molar-refractivity contribution in [3.05, 3.63) is 143 Å². The second-order valence-corrected chi connectivity index (χ2v) is 12.1. The van der Waals surface area contributed by atoms with Gasteiger partial charge in [-0.3, -0.25) is 14.4 Å². The number of benzene rings is 5. The second-order valence-electron chi connectivity index (χ2n) is 11.7. The summed E-state index contributed by atoms with van der Waals surface area (Å²) in [6.45, 7) is 2.21.